The van der Waals surface area contributed by atoms with Crippen molar-refractivity contribution in [3.05, 3.63) is 59.7 Å². The molecule has 0 unspecified atom stereocenters. The molecular formula is C27H40N2O5Si. The van der Waals surface area contributed by atoms with Crippen LogP contribution in [0.4, 0.5) is 5.69 Å². The molecule has 2 rings (SSSR count). The minimum Gasteiger partial charge on any atom is -0.423 e. The third kappa shape index (κ3) is 9.22. The summed E-state index contributed by atoms with van der Waals surface area (Å²) in [7, 11) is -2.62. The van der Waals surface area contributed by atoms with Gasteiger partial charge in [-0.25, -0.2) is 4.79 Å². The molecule has 0 amide bonds. The molecule has 0 N–H and O–H groups in total. The highest BCUT2D eigenvalue weighted by molar-refractivity contribution is 6.60. The van der Waals surface area contributed by atoms with Crippen molar-refractivity contribution in [3.8, 4) is 5.75 Å². The van der Waals surface area contributed by atoms with Gasteiger partial charge in [-0.15, -0.1) is 0 Å². The quantitative estimate of drug-likeness (QED) is 0.0981. The summed E-state index contributed by atoms with van der Waals surface area (Å²) in [6.45, 7) is 14.2. The van der Waals surface area contributed by atoms with Gasteiger partial charge in [0.2, 0.25) is 0 Å². The molecule has 8 heteroatoms. The van der Waals surface area contributed by atoms with Crippen molar-refractivity contribution in [2.24, 2.45) is 4.99 Å². The second-order valence-electron chi connectivity index (χ2n) is 7.80. The first kappa shape index (κ1) is 28.7. The van der Waals surface area contributed by atoms with Crippen LogP contribution in [-0.2, 0) is 13.3 Å². The molecule has 0 aliphatic heterocycles. The Morgan fingerprint density at radius 2 is 1.54 bits per heavy atom. The summed E-state index contributed by atoms with van der Waals surface area (Å²) < 4.78 is 23.2. The monoisotopic (exact) mass is 500 g/mol. The minimum atomic E-state index is -2.62. The van der Waals surface area contributed by atoms with E-state index in [0.717, 1.165) is 36.8 Å². The van der Waals surface area contributed by atoms with Gasteiger partial charge in [-0.05, 0) is 70.9 Å². The molecule has 7 nitrogen and oxygen atoms in total. The van der Waals surface area contributed by atoms with E-state index >= 15 is 0 Å². The molecule has 0 radical (unpaired) electrons. The molecule has 192 valence electrons. The average molecular weight is 501 g/mol. The molecule has 2 aromatic carbocycles. The average Bonchev–Trinajstić information content (AvgIpc) is 2.86. The van der Waals surface area contributed by atoms with Crippen molar-refractivity contribution in [1.29, 1.82) is 0 Å². The van der Waals surface area contributed by atoms with Crippen LogP contribution in [0.1, 0.15) is 57.0 Å². The Morgan fingerprint density at radius 1 is 0.914 bits per heavy atom. The Kier molecular flexibility index (Phi) is 12.7. The summed E-state index contributed by atoms with van der Waals surface area (Å²) >= 11 is 0. The number of hydrogen-bond acceptors (Lipinski definition) is 7. The minimum absolute atomic E-state index is 0.380. The van der Waals surface area contributed by atoms with Crippen LogP contribution in [0, 0.1) is 0 Å². The van der Waals surface area contributed by atoms with E-state index in [1.165, 1.54) is 0 Å². The topological polar surface area (TPSA) is 69.6 Å². The summed E-state index contributed by atoms with van der Waals surface area (Å²) in [6, 6.07) is 15.6. The first-order valence-corrected chi connectivity index (χ1v) is 14.5. The number of aliphatic imine (C=N–C) groups is 1. The predicted molar refractivity (Wildman–Crippen MR) is 144 cm³/mol. The standard InChI is InChI=1S/C27H40N2O5Si/c1-6-29(7-2)25-13-11-14-26(21-25)34-27(30)24-17-15-23(16-18-24)22-28-19-12-20-35(31-8-3,32-9-4)33-10-5/h11,13-18,21-22H,6-10,12,19-20H2,1-5H3/b28-22+. The van der Waals surface area contributed by atoms with Crippen molar-refractivity contribution in [2.45, 2.75) is 47.1 Å². The molecule has 0 heterocycles. The number of rotatable bonds is 16. The number of benzene rings is 2. The molecule has 0 bridgehead atoms. The van der Waals surface area contributed by atoms with Crippen LogP contribution in [0.25, 0.3) is 0 Å². The van der Waals surface area contributed by atoms with Crippen LogP contribution in [0.3, 0.4) is 0 Å². The number of nitrogens with zero attached hydrogens (tertiary/aromatic N) is 2. The van der Waals surface area contributed by atoms with Crippen molar-refractivity contribution < 1.29 is 22.8 Å². The zero-order chi connectivity index (χ0) is 25.5. The van der Waals surface area contributed by atoms with Crippen LogP contribution in [-0.4, -0.2) is 60.4 Å². The lowest BCUT2D eigenvalue weighted by molar-refractivity contribution is 0.0707. The van der Waals surface area contributed by atoms with E-state index in [-0.39, 0.29) is 5.97 Å². The number of hydrogen-bond donors (Lipinski definition) is 0. The maximum Gasteiger partial charge on any atom is 0.500 e. The SMILES string of the molecule is CCO[Si](CCC/N=C/c1ccc(C(=O)Oc2cccc(N(CC)CC)c2)cc1)(OCC)OCC. The number of carbonyl (C=O) groups excluding carboxylic acids is 1. The summed E-state index contributed by atoms with van der Waals surface area (Å²) in [5.74, 6) is 0.157. The maximum atomic E-state index is 12.6. The van der Waals surface area contributed by atoms with Gasteiger partial charge in [-0.2, -0.15) is 0 Å². The van der Waals surface area contributed by atoms with E-state index in [1.54, 1.807) is 18.2 Å². The van der Waals surface area contributed by atoms with E-state index < -0.39 is 8.80 Å². The van der Waals surface area contributed by atoms with E-state index in [1.807, 2.05) is 57.3 Å². The second-order valence-corrected chi connectivity index (χ2v) is 10.5. The summed E-state index contributed by atoms with van der Waals surface area (Å²) in [4.78, 5) is 19.3. The van der Waals surface area contributed by atoms with Crippen molar-refractivity contribution in [1.82, 2.24) is 0 Å². The fraction of sp³-hybridized carbons (Fsp3) is 0.481. The molecule has 0 saturated carbocycles. The normalized spacial score (nSPS) is 11.7. The molecule has 0 saturated heterocycles. The van der Waals surface area contributed by atoms with Gasteiger partial charge in [0.15, 0.2) is 0 Å². The van der Waals surface area contributed by atoms with Crippen molar-refractivity contribution in [3.63, 3.8) is 0 Å². The van der Waals surface area contributed by atoms with Gasteiger partial charge >= 0.3 is 14.8 Å². The number of esters is 1. The third-order valence-corrected chi connectivity index (χ3v) is 8.56. The highest BCUT2D eigenvalue weighted by Gasteiger charge is 2.39. The zero-order valence-electron chi connectivity index (χ0n) is 21.8. The Bertz CT molecular complexity index is 899. The lowest BCUT2D eigenvalue weighted by Crippen LogP contribution is -2.46. The van der Waals surface area contributed by atoms with Gasteiger partial charge in [0.05, 0.1) is 5.56 Å². The fourth-order valence-corrected chi connectivity index (χ4v) is 6.36. The predicted octanol–water partition coefficient (Wildman–Crippen LogP) is 5.61. The molecule has 0 aliphatic carbocycles. The molecular weight excluding hydrogens is 460 g/mol. The number of ether oxygens (including phenoxy) is 1. The highest BCUT2D eigenvalue weighted by atomic mass is 28.4. The van der Waals surface area contributed by atoms with Gasteiger partial charge in [0.25, 0.3) is 0 Å². The molecule has 2 aromatic rings. The van der Waals surface area contributed by atoms with Crippen molar-refractivity contribution >= 4 is 26.7 Å². The third-order valence-electron chi connectivity index (χ3n) is 5.41. The Morgan fingerprint density at radius 3 is 2.11 bits per heavy atom. The molecule has 0 aliphatic rings. The van der Waals surface area contributed by atoms with Crippen LogP contribution >= 0.6 is 0 Å². The van der Waals surface area contributed by atoms with Crippen LogP contribution in [0.2, 0.25) is 6.04 Å². The number of anilines is 1. The smallest absolute Gasteiger partial charge is 0.423 e. The maximum absolute atomic E-state index is 12.6. The van der Waals surface area contributed by atoms with E-state index in [2.05, 4.69) is 23.7 Å². The zero-order valence-corrected chi connectivity index (χ0v) is 22.8. The largest absolute Gasteiger partial charge is 0.500 e. The Labute approximate surface area is 211 Å². The lowest BCUT2D eigenvalue weighted by Gasteiger charge is -2.28. The van der Waals surface area contributed by atoms with Gasteiger partial charge in [0, 0.05) is 63.5 Å². The highest BCUT2D eigenvalue weighted by Crippen LogP contribution is 2.22. The van der Waals surface area contributed by atoms with Crippen LogP contribution in [0.15, 0.2) is 53.5 Å². The van der Waals surface area contributed by atoms with Crippen LogP contribution < -0.4 is 9.64 Å². The van der Waals surface area contributed by atoms with Gasteiger partial charge < -0.3 is 22.9 Å². The van der Waals surface area contributed by atoms with Gasteiger partial charge in [-0.3, -0.25) is 4.99 Å². The fourth-order valence-electron chi connectivity index (χ4n) is 3.76. The van der Waals surface area contributed by atoms with Gasteiger partial charge in [0.1, 0.15) is 5.75 Å². The molecule has 0 fully saturated rings. The summed E-state index contributed by atoms with van der Waals surface area (Å²) in [5.41, 5.74) is 2.46. The van der Waals surface area contributed by atoms with Crippen molar-refractivity contribution in [2.75, 3.05) is 44.4 Å². The Balaban J connectivity index is 1.90. The van der Waals surface area contributed by atoms with Crippen LogP contribution in [0.5, 0.6) is 5.75 Å². The molecule has 0 atom stereocenters. The first-order chi connectivity index (χ1) is 17.0. The van der Waals surface area contributed by atoms with E-state index in [4.69, 9.17) is 18.0 Å². The molecule has 0 aromatic heterocycles. The number of carbonyl (C=O) groups is 1. The lowest BCUT2D eigenvalue weighted by atomic mass is 10.1. The Hall–Kier alpha value is -2.52. The van der Waals surface area contributed by atoms with E-state index in [9.17, 15) is 4.79 Å². The first-order valence-electron chi connectivity index (χ1n) is 12.6. The summed E-state index contributed by atoms with van der Waals surface area (Å²) in [5, 5.41) is 0. The summed E-state index contributed by atoms with van der Waals surface area (Å²) in [6.07, 6.45) is 2.63. The molecule has 0 spiro atoms. The second kappa shape index (κ2) is 15.5. The van der Waals surface area contributed by atoms with Gasteiger partial charge in [-0.1, -0.05) is 18.2 Å². The van der Waals surface area contributed by atoms with E-state index in [0.29, 0.717) is 37.7 Å². The molecule has 35 heavy (non-hydrogen) atoms.